The molecule has 240 valence electrons. The van der Waals surface area contributed by atoms with E-state index in [2.05, 4.69) is 0 Å². The Morgan fingerprint density at radius 2 is 1.22 bits per heavy atom. The minimum atomic E-state index is -2.10. The number of carbonyl (C=O) groups is 1. The van der Waals surface area contributed by atoms with Gasteiger partial charge in [-0.15, -0.1) is 0 Å². The van der Waals surface area contributed by atoms with Crippen LogP contribution in [0.4, 0.5) is 0 Å². The molecule has 3 saturated heterocycles. The zero-order valence-electron chi connectivity index (χ0n) is 22.0. The Kier molecular flexibility index (Phi) is 13.0. The maximum absolute atomic E-state index is 11.8. The number of ether oxygens (including phenoxy) is 6. The molecule has 18 heteroatoms. The molecule has 0 aliphatic carbocycles. The standard InChI is InChI=1S/C23H41NO17/c24-4-2-1-3-5-36-21-14(31)12(29)17(9(7-26)38-21)39-23-16(33)18(15(32)19(41-23)20(34)35)40-22-13(30)11(28)10(27)8(6-25)37-22/h8-19,21-23,25-33H,1-7,24H2,(H,34,35)/t8-,9-,10-,11+,12-,13-,14-,15+,16-,17-,18+,19+,21-,22+,23-/m1/s1. The van der Waals surface area contributed by atoms with Crippen LogP contribution >= 0.6 is 0 Å². The summed E-state index contributed by atoms with van der Waals surface area (Å²) in [5, 5.41) is 102. The Hall–Kier alpha value is -1.17. The number of aliphatic hydroxyl groups excluding tert-OH is 9. The van der Waals surface area contributed by atoms with E-state index in [9.17, 15) is 55.9 Å². The van der Waals surface area contributed by atoms with Gasteiger partial charge in [0.05, 0.1) is 13.2 Å². The first-order chi connectivity index (χ1) is 19.5. The molecule has 0 spiro atoms. The molecule has 0 radical (unpaired) electrons. The molecule has 0 saturated carbocycles. The number of rotatable bonds is 13. The molecule has 3 rings (SSSR count). The molecule has 0 aromatic heterocycles. The van der Waals surface area contributed by atoms with Crippen molar-refractivity contribution in [3.8, 4) is 0 Å². The highest BCUT2D eigenvalue weighted by molar-refractivity contribution is 5.73. The zero-order chi connectivity index (χ0) is 30.4. The molecule has 0 amide bonds. The fraction of sp³-hybridized carbons (Fsp3) is 0.957. The molecule has 18 nitrogen and oxygen atoms in total. The van der Waals surface area contributed by atoms with Gasteiger partial charge in [-0.2, -0.15) is 0 Å². The molecule has 15 atom stereocenters. The Morgan fingerprint density at radius 3 is 1.83 bits per heavy atom. The van der Waals surface area contributed by atoms with Crippen molar-refractivity contribution in [2.75, 3.05) is 26.4 Å². The smallest absolute Gasteiger partial charge is 0.335 e. The van der Waals surface area contributed by atoms with Gasteiger partial charge in [0.1, 0.15) is 67.1 Å². The van der Waals surface area contributed by atoms with Gasteiger partial charge >= 0.3 is 5.97 Å². The van der Waals surface area contributed by atoms with Gasteiger partial charge in [-0.3, -0.25) is 0 Å². The van der Waals surface area contributed by atoms with Crippen molar-refractivity contribution in [1.82, 2.24) is 0 Å². The van der Waals surface area contributed by atoms with Crippen LogP contribution < -0.4 is 5.73 Å². The fourth-order valence-corrected chi connectivity index (χ4v) is 4.78. The third-order valence-electron chi connectivity index (χ3n) is 7.17. The molecule has 0 unspecified atom stereocenters. The number of carboxylic acid groups (broad SMARTS) is 1. The van der Waals surface area contributed by atoms with Crippen LogP contribution in [0, 0.1) is 0 Å². The number of carboxylic acids is 1. The van der Waals surface area contributed by atoms with Gasteiger partial charge in [0.2, 0.25) is 0 Å². The molecule has 0 aromatic rings. The molecule has 41 heavy (non-hydrogen) atoms. The highest BCUT2D eigenvalue weighted by atomic mass is 16.8. The lowest BCUT2D eigenvalue weighted by Crippen LogP contribution is -2.67. The van der Waals surface area contributed by atoms with Gasteiger partial charge < -0.3 is 85.2 Å². The van der Waals surface area contributed by atoms with Crippen LogP contribution in [0.2, 0.25) is 0 Å². The number of hydrogen-bond donors (Lipinski definition) is 11. The summed E-state index contributed by atoms with van der Waals surface area (Å²) >= 11 is 0. The van der Waals surface area contributed by atoms with Crippen molar-refractivity contribution >= 4 is 5.97 Å². The first-order valence-corrected chi connectivity index (χ1v) is 13.3. The summed E-state index contributed by atoms with van der Waals surface area (Å²) in [6.45, 7) is -0.927. The van der Waals surface area contributed by atoms with E-state index in [1.807, 2.05) is 0 Å². The van der Waals surface area contributed by atoms with Crippen LogP contribution in [0.5, 0.6) is 0 Å². The summed E-state index contributed by atoms with van der Waals surface area (Å²) in [6, 6.07) is 0. The summed E-state index contributed by atoms with van der Waals surface area (Å²) in [4.78, 5) is 11.8. The molecule has 12 N–H and O–H groups in total. The molecule has 3 aliphatic rings. The normalized spacial score (nSPS) is 45.5. The molecule has 3 fully saturated rings. The summed E-state index contributed by atoms with van der Waals surface area (Å²) in [6.07, 6.45) is -24.7. The molecule has 3 heterocycles. The number of aliphatic hydroxyl groups is 9. The van der Waals surface area contributed by atoms with Gasteiger partial charge in [0, 0.05) is 6.61 Å². The van der Waals surface area contributed by atoms with Crippen molar-refractivity contribution in [2.45, 2.75) is 111 Å². The van der Waals surface area contributed by atoms with E-state index in [1.165, 1.54) is 0 Å². The van der Waals surface area contributed by atoms with E-state index in [0.29, 0.717) is 13.0 Å². The topological polar surface area (TPSA) is 301 Å². The van der Waals surface area contributed by atoms with Crippen molar-refractivity contribution in [2.24, 2.45) is 5.73 Å². The summed E-state index contributed by atoms with van der Waals surface area (Å²) in [5.41, 5.74) is 5.44. The summed E-state index contributed by atoms with van der Waals surface area (Å²) < 4.78 is 32.4. The zero-order valence-corrected chi connectivity index (χ0v) is 22.0. The second kappa shape index (κ2) is 15.5. The molecule has 3 aliphatic heterocycles. The second-order valence-corrected chi connectivity index (χ2v) is 10.1. The van der Waals surface area contributed by atoms with Gasteiger partial charge in [0.15, 0.2) is 25.0 Å². The first kappa shape index (κ1) is 34.3. The Labute approximate surface area is 234 Å². The van der Waals surface area contributed by atoms with Gasteiger partial charge in [0.25, 0.3) is 0 Å². The predicted octanol–water partition coefficient (Wildman–Crippen LogP) is -6.33. The van der Waals surface area contributed by atoms with Crippen molar-refractivity contribution in [3.05, 3.63) is 0 Å². The van der Waals surface area contributed by atoms with Gasteiger partial charge in [-0.25, -0.2) is 4.79 Å². The highest BCUT2D eigenvalue weighted by Crippen LogP contribution is 2.33. The van der Waals surface area contributed by atoms with Gasteiger partial charge in [-0.05, 0) is 25.8 Å². The molecular formula is C23H41NO17. The van der Waals surface area contributed by atoms with Crippen LogP contribution in [0.15, 0.2) is 0 Å². The third kappa shape index (κ3) is 7.87. The van der Waals surface area contributed by atoms with Crippen LogP contribution in [0.1, 0.15) is 19.3 Å². The highest BCUT2D eigenvalue weighted by Gasteiger charge is 2.55. The Bertz CT molecular complexity index is 806. The Morgan fingerprint density at radius 1 is 0.634 bits per heavy atom. The molecular weight excluding hydrogens is 562 g/mol. The lowest BCUT2D eigenvalue weighted by atomic mass is 9.96. The summed E-state index contributed by atoms with van der Waals surface area (Å²) in [5.74, 6) is -1.72. The largest absolute Gasteiger partial charge is 0.479 e. The molecule has 0 aromatic carbocycles. The quantitative estimate of drug-likeness (QED) is 0.0872. The van der Waals surface area contributed by atoms with E-state index in [-0.39, 0.29) is 6.61 Å². The number of nitrogens with two attached hydrogens (primary N) is 1. The Balaban J connectivity index is 1.74. The average molecular weight is 604 g/mol. The number of unbranched alkanes of at least 4 members (excludes halogenated alkanes) is 2. The van der Waals surface area contributed by atoms with Crippen molar-refractivity contribution < 1.29 is 84.3 Å². The lowest BCUT2D eigenvalue weighted by Gasteiger charge is -2.47. The van der Waals surface area contributed by atoms with Gasteiger partial charge in [-0.1, -0.05) is 0 Å². The van der Waals surface area contributed by atoms with E-state index < -0.39 is 111 Å². The first-order valence-electron chi connectivity index (χ1n) is 13.3. The van der Waals surface area contributed by atoms with E-state index >= 15 is 0 Å². The number of aliphatic carboxylic acids is 1. The summed E-state index contributed by atoms with van der Waals surface area (Å²) in [7, 11) is 0. The minimum Gasteiger partial charge on any atom is -0.479 e. The monoisotopic (exact) mass is 603 g/mol. The minimum absolute atomic E-state index is 0.151. The van der Waals surface area contributed by atoms with Crippen molar-refractivity contribution in [1.29, 1.82) is 0 Å². The maximum atomic E-state index is 11.8. The average Bonchev–Trinajstić information content (AvgIpc) is 2.95. The van der Waals surface area contributed by atoms with E-state index in [0.717, 1.165) is 12.8 Å². The predicted molar refractivity (Wildman–Crippen MR) is 128 cm³/mol. The van der Waals surface area contributed by atoms with Crippen LogP contribution in [-0.2, 0) is 33.2 Å². The van der Waals surface area contributed by atoms with Crippen molar-refractivity contribution in [3.63, 3.8) is 0 Å². The SMILES string of the molecule is NCCCCCO[C@@H]1O[C@H](CO)[C@@H](O[C@@H]2O[C@H](C(=O)O)[C@@H](O)[C@H](O[C@@H]3O[C@H](CO)[C@@H](O)[C@H](O)[C@H]3O)[C@H]2O)[C@H](O)[C@H]1O. The number of hydrogen-bond acceptors (Lipinski definition) is 17. The van der Waals surface area contributed by atoms with E-state index in [1.54, 1.807) is 0 Å². The fourth-order valence-electron chi connectivity index (χ4n) is 4.78. The van der Waals surface area contributed by atoms with Crippen LogP contribution in [0.3, 0.4) is 0 Å². The van der Waals surface area contributed by atoms with E-state index in [4.69, 9.17) is 34.2 Å². The lowest BCUT2D eigenvalue weighted by molar-refractivity contribution is -0.376. The third-order valence-corrected chi connectivity index (χ3v) is 7.17. The van der Waals surface area contributed by atoms with Crippen LogP contribution in [-0.4, -0.2) is 176 Å². The maximum Gasteiger partial charge on any atom is 0.335 e. The molecule has 0 bridgehead atoms. The second-order valence-electron chi connectivity index (χ2n) is 10.1. The van der Waals surface area contributed by atoms with Crippen LogP contribution in [0.25, 0.3) is 0 Å².